The van der Waals surface area contributed by atoms with Crippen molar-refractivity contribution in [2.75, 3.05) is 0 Å². The molecule has 0 radical (unpaired) electrons. The second kappa shape index (κ2) is 4.81. The Bertz CT molecular complexity index is 851. The SMILES string of the molecule is Cc1[nH]n2c(=S)cc(C(C)(C)C)nc2c1-c1ccccc1. The third kappa shape index (κ3) is 2.40. The molecule has 3 nitrogen and oxygen atoms in total. The predicted molar refractivity (Wildman–Crippen MR) is 89.2 cm³/mol. The quantitative estimate of drug-likeness (QED) is 0.662. The van der Waals surface area contributed by atoms with Crippen molar-refractivity contribution in [1.29, 1.82) is 0 Å². The number of nitrogens with zero attached hydrogens (tertiary/aromatic N) is 2. The summed E-state index contributed by atoms with van der Waals surface area (Å²) < 4.78 is 2.65. The molecule has 0 aliphatic carbocycles. The highest BCUT2D eigenvalue weighted by Crippen LogP contribution is 2.29. The van der Waals surface area contributed by atoms with Crippen LogP contribution in [0.25, 0.3) is 16.8 Å². The second-order valence-corrected chi connectivity index (χ2v) is 6.78. The fraction of sp³-hybridized carbons (Fsp3) is 0.294. The number of hydrogen-bond acceptors (Lipinski definition) is 2. The van der Waals surface area contributed by atoms with Crippen LogP contribution in [-0.4, -0.2) is 14.6 Å². The Kier molecular flexibility index (Phi) is 3.21. The first-order valence-electron chi connectivity index (χ1n) is 7.06. The predicted octanol–water partition coefficient (Wildman–Crippen LogP) is 4.66. The van der Waals surface area contributed by atoms with Crippen molar-refractivity contribution in [3.05, 3.63) is 52.4 Å². The minimum atomic E-state index is -0.0263. The minimum absolute atomic E-state index is 0.0263. The summed E-state index contributed by atoms with van der Waals surface area (Å²) in [6.45, 7) is 8.52. The van der Waals surface area contributed by atoms with Gasteiger partial charge in [0.05, 0.1) is 5.69 Å². The Morgan fingerprint density at radius 2 is 1.81 bits per heavy atom. The summed E-state index contributed by atoms with van der Waals surface area (Å²) in [6.07, 6.45) is 0. The van der Waals surface area contributed by atoms with Crippen LogP contribution in [0.4, 0.5) is 0 Å². The Morgan fingerprint density at radius 3 is 2.43 bits per heavy atom. The Morgan fingerprint density at radius 1 is 1.14 bits per heavy atom. The fourth-order valence-corrected chi connectivity index (χ4v) is 2.73. The first-order chi connectivity index (χ1) is 9.88. The molecule has 2 heterocycles. The fourth-order valence-electron chi connectivity index (χ4n) is 2.48. The molecule has 0 amide bonds. The van der Waals surface area contributed by atoms with Crippen molar-refractivity contribution in [2.45, 2.75) is 33.1 Å². The summed E-state index contributed by atoms with van der Waals surface area (Å²) in [5.74, 6) is 0. The third-order valence-corrected chi connectivity index (χ3v) is 3.93. The van der Waals surface area contributed by atoms with Crippen LogP contribution in [0.15, 0.2) is 36.4 Å². The van der Waals surface area contributed by atoms with Gasteiger partial charge in [0.25, 0.3) is 0 Å². The molecule has 3 rings (SSSR count). The molecule has 1 aromatic carbocycles. The van der Waals surface area contributed by atoms with Crippen LogP contribution in [0, 0.1) is 11.6 Å². The molecule has 0 saturated heterocycles. The highest BCUT2D eigenvalue weighted by Gasteiger charge is 2.19. The van der Waals surface area contributed by atoms with Gasteiger partial charge in [-0.3, -0.25) is 5.10 Å². The average molecular weight is 297 g/mol. The lowest BCUT2D eigenvalue weighted by molar-refractivity contribution is 0.567. The normalized spacial score (nSPS) is 12.0. The molecule has 0 unspecified atom stereocenters. The van der Waals surface area contributed by atoms with Gasteiger partial charge in [-0.1, -0.05) is 63.3 Å². The molecule has 0 saturated carbocycles. The number of benzene rings is 1. The molecule has 3 aromatic rings. The van der Waals surface area contributed by atoms with Crippen molar-refractivity contribution in [3.63, 3.8) is 0 Å². The molecule has 108 valence electrons. The summed E-state index contributed by atoms with van der Waals surface area (Å²) in [4.78, 5) is 4.87. The van der Waals surface area contributed by atoms with Gasteiger partial charge in [-0.25, -0.2) is 9.50 Å². The van der Waals surface area contributed by atoms with E-state index >= 15 is 0 Å². The van der Waals surface area contributed by atoms with Crippen molar-refractivity contribution >= 4 is 17.9 Å². The van der Waals surface area contributed by atoms with E-state index in [9.17, 15) is 0 Å². The van der Waals surface area contributed by atoms with Gasteiger partial charge in [-0.05, 0) is 18.6 Å². The maximum atomic E-state index is 5.52. The standard InChI is InChI=1S/C17H19N3S/c1-11-15(12-8-6-5-7-9-12)16-18-13(17(2,3)4)10-14(21)20(16)19-11/h5-10,19H,1-4H3. The van der Waals surface area contributed by atoms with E-state index in [0.29, 0.717) is 0 Å². The maximum absolute atomic E-state index is 5.52. The van der Waals surface area contributed by atoms with E-state index in [1.54, 1.807) is 0 Å². The maximum Gasteiger partial charge on any atom is 0.162 e. The minimum Gasteiger partial charge on any atom is -0.295 e. The number of rotatable bonds is 1. The third-order valence-electron chi connectivity index (χ3n) is 3.63. The zero-order chi connectivity index (χ0) is 15.2. The van der Waals surface area contributed by atoms with Crippen molar-refractivity contribution < 1.29 is 0 Å². The second-order valence-electron chi connectivity index (χ2n) is 6.37. The van der Waals surface area contributed by atoms with E-state index in [1.165, 1.54) is 0 Å². The van der Waals surface area contributed by atoms with Crippen LogP contribution in [-0.2, 0) is 5.41 Å². The molecular weight excluding hydrogens is 278 g/mol. The molecule has 0 aliphatic rings. The molecule has 0 atom stereocenters. The van der Waals surface area contributed by atoms with Gasteiger partial charge >= 0.3 is 0 Å². The lowest BCUT2D eigenvalue weighted by atomic mass is 9.92. The first-order valence-corrected chi connectivity index (χ1v) is 7.47. The summed E-state index contributed by atoms with van der Waals surface area (Å²) in [5.41, 5.74) is 5.24. The number of aromatic nitrogens is 3. The molecule has 21 heavy (non-hydrogen) atoms. The van der Waals surface area contributed by atoms with E-state index in [-0.39, 0.29) is 5.41 Å². The van der Waals surface area contributed by atoms with Gasteiger partial charge in [-0.2, -0.15) is 0 Å². The van der Waals surface area contributed by atoms with E-state index in [0.717, 1.165) is 32.8 Å². The van der Waals surface area contributed by atoms with Crippen LogP contribution in [0.1, 0.15) is 32.2 Å². The number of nitrogens with one attached hydrogen (secondary N) is 1. The van der Waals surface area contributed by atoms with Gasteiger partial charge in [0.15, 0.2) is 5.65 Å². The zero-order valence-corrected chi connectivity index (χ0v) is 13.6. The van der Waals surface area contributed by atoms with E-state index in [2.05, 4.69) is 44.9 Å². The number of aryl methyl sites for hydroxylation is 1. The monoisotopic (exact) mass is 297 g/mol. The van der Waals surface area contributed by atoms with Crippen molar-refractivity contribution in [1.82, 2.24) is 14.6 Å². The van der Waals surface area contributed by atoms with Crippen LogP contribution >= 0.6 is 12.2 Å². The van der Waals surface area contributed by atoms with Crippen LogP contribution < -0.4 is 0 Å². The summed E-state index contributed by atoms with van der Waals surface area (Å²) in [6, 6.07) is 12.3. The van der Waals surface area contributed by atoms with Gasteiger partial charge in [0.2, 0.25) is 0 Å². The molecular formula is C17H19N3S. The van der Waals surface area contributed by atoms with Crippen LogP contribution in [0.5, 0.6) is 0 Å². The number of aromatic amines is 1. The van der Waals surface area contributed by atoms with Gasteiger partial charge in [0.1, 0.15) is 4.64 Å². The molecule has 0 spiro atoms. The van der Waals surface area contributed by atoms with Crippen LogP contribution in [0.3, 0.4) is 0 Å². The number of H-pyrrole nitrogens is 1. The molecule has 0 bridgehead atoms. The average Bonchev–Trinajstić information content (AvgIpc) is 2.75. The Hall–Kier alpha value is -1.94. The molecule has 1 N–H and O–H groups in total. The Labute approximate surface area is 129 Å². The van der Waals surface area contributed by atoms with Gasteiger partial charge in [-0.15, -0.1) is 0 Å². The molecule has 4 heteroatoms. The number of fused-ring (bicyclic) bond motifs is 1. The summed E-state index contributed by atoms with van der Waals surface area (Å²) in [7, 11) is 0. The van der Waals surface area contributed by atoms with Gasteiger partial charge < -0.3 is 0 Å². The molecule has 0 fully saturated rings. The van der Waals surface area contributed by atoms with Gasteiger partial charge in [0, 0.05) is 16.7 Å². The van der Waals surface area contributed by atoms with E-state index in [4.69, 9.17) is 17.2 Å². The highest BCUT2D eigenvalue weighted by atomic mass is 32.1. The largest absolute Gasteiger partial charge is 0.295 e. The highest BCUT2D eigenvalue weighted by molar-refractivity contribution is 7.71. The Balaban J connectivity index is 2.38. The zero-order valence-electron chi connectivity index (χ0n) is 12.8. The number of hydrogen-bond donors (Lipinski definition) is 1. The lowest BCUT2D eigenvalue weighted by Crippen LogP contribution is -2.14. The molecule has 0 aliphatic heterocycles. The van der Waals surface area contributed by atoms with Crippen LogP contribution in [0.2, 0.25) is 0 Å². The lowest BCUT2D eigenvalue weighted by Gasteiger charge is -2.17. The summed E-state index contributed by atoms with van der Waals surface area (Å²) >= 11 is 5.52. The molecule has 2 aromatic heterocycles. The topological polar surface area (TPSA) is 33.1 Å². The van der Waals surface area contributed by atoms with E-state index < -0.39 is 0 Å². The van der Waals surface area contributed by atoms with Crippen molar-refractivity contribution in [2.24, 2.45) is 0 Å². The summed E-state index contributed by atoms with van der Waals surface area (Å²) in [5, 5.41) is 3.32. The van der Waals surface area contributed by atoms with Crippen molar-refractivity contribution in [3.8, 4) is 11.1 Å². The van der Waals surface area contributed by atoms with E-state index in [1.807, 2.05) is 28.8 Å². The first kappa shape index (κ1) is 14.0. The smallest absolute Gasteiger partial charge is 0.162 e.